The molecule has 2 atom stereocenters. The second-order valence-corrected chi connectivity index (χ2v) is 6.69. The third-order valence-corrected chi connectivity index (χ3v) is 5.07. The second kappa shape index (κ2) is 6.98. The van der Waals surface area contributed by atoms with Gasteiger partial charge >= 0.3 is 0 Å². The van der Waals surface area contributed by atoms with Crippen LogP contribution in [0.3, 0.4) is 0 Å². The molecule has 1 fully saturated rings. The normalized spacial score (nSPS) is 22.1. The first-order chi connectivity index (χ1) is 12.2. The third-order valence-electron chi connectivity index (χ3n) is 5.07. The Labute approximate surface area is 146 Å². The van der Waals surface area contributed by atoms with Crippen LogP contribution in [0, 0.1) is 0 Å². The Kier molecular flexibility index (Phi) is 4.55. The highest BCUT2D eigenvalue weighted by Crippen LogP contribution is 2.22. The standard InChI is InChI=1S/C19H23N3O3/c1-24-15-7-5-13(6-8-15)10-20-17-11-25-12-18(17)22-19(23)9-14-3-2-4-16(14)21-22/h5-9,17-18,20H,2-4,10-12H2,1H3. The highest BCUT2D eigenvalue weighted by molar-refractivity contribution is 5.27. The number of methoxy groups -OCH3 is 1. The summed E-state index contributed by atoms with van der Waals surface area (Å²) < 4.78 is 12.5. The number of fused-ring (bicyclic) bond motifs is 1. The highest BCUT2D eigenvalue weighted by atomic mass is 16.5. The molecule has 132 valence electrons. The summed E-state index contributed by atoms with van der Waals surface area (Å²) in [7, 11) is 1.66. The van der Waals surface area contributed by atoms with Crippen molar-refractivity contribution in [1.29, 1.82) is 0 Å². The Morgan fingerprint density at radius 3 is 2.92 bits per heavy atom. The summed E-state index contributed by atoms with van der Waals surface area (Å²) in [5, 5.41) is 8.14. The summed E-state index contributed by atoms with van der Waals surface area (Å²) in [6.45, 7) is 1.83. The van der Waals surface area contributed by atoms with Crippen LogP contribution in [-0.2, 0) is 24.1 Å². The van der Waals surface area contributed by atoms with Crippen molar-refractivity contribution in [3.63, 3.8) is 0 Å². The Bertz CT molecular complexity index is 801. The summed E-state index contributed by atoms with van der Waals surface area (Å²) >= 11 is 0. The molecule has 2 aliphatic rings. The molecule has 0 spiro atoms. The molecule has 1 aliphatic carbocycles. The third kappa shape index (κ3) is 3.32. The van der Waals surface area contributed by atoms with Crippen LogP contribution in [0.15, 0.2) is 35.1 Å². The van der Waals surface area contributed by atoms with Crippen LogP contribution in [0.1, 0.15) is 29.3 Å². The van der Waals surface area contributed by atoms with Gasteiger partial charge in [-0.1, -0.05) is 12.1 Å². The lowest BCUT2D eigenvalue weighted by Gasteiger charge is -2.21. The first-order valence-corrected chi connectivity index (χ1v) is 8.80. The van der Waals surface area contributed by atoms with Crippen molar-refractivity contribution in [2.75, 3.05) is 20.3 Å². The van der Waals surface area contributed by atoms with Crippen molar-refractivity contribution in [1.82, 2.24) is 15.1 Å². The molecule has 0 radical (unpaired) electrons. The van der Waals surface area contributed by atoms with Gasteiger partial charge in [-0.2, -0.15) is 5.10 Å². The van der Waals surface area contributed by atoms with Crippen LogP contribution in [0.4, 0.5) is 0 Å². The predicted molar refractivity (Wildman–Crippen MR) is 94.0 cm³/mol. The highest BCUT2D eigenvalue weighted by Gasteiger charge is 2.31. The second-order valence-electron chi connectivity index (χ2n) is 6.69. The van der Waals surface area contributed by atoms with Gasteiger partial charge in [0.15, 0.2) is 0 Å². The monoisotopic (exact) mass is 341 g/mol. The van der Waals surface area contributed by atoms with E-state index in [1.54, 1.807) is 17.9 Å². The van der Waals surface area contributed by atoms with Crippen molar-refractivity contribution in [3.8, 4) is 5.75 Å². The van der Waals surface area contributed by atoms with E-state index < -0.39 is 0 Å². The molecule has 1 aromatic carbocycles. The molecule has 25 heavy (non-hydrogen) atoms. The van der Waals surface area contributed by atoms with Gasteiger partial charge in [-0.3, -0.25) is 4.79 Å². The number of hydrogen-bond donors (Lipinski definition) is 1. The largest absolute Gasteiger partial charge is 0.497 e. The molecule has 0 bridgehead atoms. The van der Waals surface area contributed by atoms with Gasteiger partial charge in [0.05, 0.1) is 38.1 Å². The minimum absolute atomic E-state index is 0.0209. The predicted octanol–water partition coefficient (Wildman–Crippen LogP) is 1.47. The Morgan fingerprint density at radius 1 is 1.28 bits per heavy atom. The van der Waals surface area contributed by atoms with Crippen LogP contribution in [0.5, 0.6) is 5.75 Å². The Hall–Kier alpha value is -2.18. The van der Waals surface area contributed by atoms with E-state index in [2.05, 4.69) is 10.4 Å². The minimum atomic E-state index is -0.0587. The Morgan fingerprint density at radius 2 is 2.12 bits per heavy atom. The van der Waals surface area contributed by atoms with Crippen molar-refractivity contribution in [2.45, 2.75) is 37.9 Å². The molecule has 6 nitrogen and oxygen atoms in total. The van der Waals surface area contributed by atoms with Crippen molar-refractivity contribution in [2.24, 2.45) is 0 Å². The number of ether oxygens (including phenoxy) is 2. The van der Waals surface area contributed by atoms with Gasteiger partial charge in [0.2, 0.25) is 0 Å². The number of nitrogens with one attached hydrogen (secondary N) is 1. The lowest BCUT2D eigenvalue weighted by molar-refractivity contribution is 0.180. The van der Waals surface area contributed by atoms with Crippen molar-refractivity contribution < 1.29 is 9.47 Å². The van der Waals surface area contributed by atoms with Gasteiger partial charge in [0.25, 0.3) is 5.56 Å². The van der Waals surface area contributed by atoms with Crippen LogP contribution < -0.4 is 15.6 Å². The lowest BCUT2D eigenvalue weighted by Crippen LogP contribution is -2.41. The molecule has 1 aromatic heterocycles. The number of benzene rings is 1. The molecule has 2 unspecified atom stereocenters. The van der Waals surface area contributed by atoms with Gasteiger partial charge in [0, 0.05) is 12.6 Å². The first kappa shape index (κ1) is 16.3. The maximum atomic E-state index is 12.5. The summed E-state index contributed by atoms with van der Waals surface area (Å²) in [6.07, 6.45) is 3.03. The van der Waals surface area contributed by atoms with Gasteiger partial charge in [-0.15, -0.1) is 0 Å². The van der Waals surface area contributed by atoms with E-state index in [1.165, 1.54) is 5.56 Å². The number of hydrogen-bond acceptors (Lipinski definition) is 5. The van der Waals surface area contributed by atoms with E-state index in [0.29, 0.717) is 19.8 Å². The Balaban J connectivity index is 1.48. The summed E-state index contributed by atoms with van der Waals surface area (Å²) in [5.41, 5.74) is 3.33. The zero-order chi connectivity index (χ0) is 17.2. The van der Waals surface area contributed by atoms with Crippen molar-refractivity contribution >= 4 is 0 Å². The molecule has 6 heteroatoms. The van der Waals surface area contributed by atoms with E-state index in [4.69, 9.17) is 9.47 Å². The topological polar surface area (TPSA) is 65.4 Å². The van der Waals surface area contributed by atoms with Crippen LogP contribution in [-0.4, -0.2) is 36.1 Å². The van der Waals surface area contributed by atoms with E-state index in [9.17, 15) is 4.79 Å². The van der Waals surface area contributed by atoms with Gasteiger partial charge < -0.3 is 14.8 Å². The number of rotatable bonds is 5. The van der Waals surface area contributed by atoms with E-state index >= 15 is 0 Å². The molecule has 1 saturated heterocycles. The average Bonchev–Trinajstić information content (AvgIpc) is 3.28. The van der Waals surface area contributed by atoms with Crippen LogP contribution in [0.2, 0.25) is 0 Å². The molecule has 2 aromatic rings. The molecular weight excluding hydrogens is 318 g/mol. The molecule has 0 amide bonds. The van der Waals surface area contributed by atoms with Gasteiger partial charge in [-0.05, 0) is 42.5 Å². The fraction of sp³-hybridized carbons (Fsp3) is 0.474. The molecular formula is C19H23N3O3. The summed E-state index contributed by atoms with van der Waals surface area (Å²) in [6, 6.07) is 9.75. The van der Waals surface area contributed by atoms with Gasteiger partial charge in [-0.25, -0.2) is 4.68 Å². The van der Waals surface area contributed by atoms with Crippen LogP contribution >= 0.6 is 0 Å². The molecule has 4 rings (SSSR count). The molecule has 2 heterocycles. The van der Waals surface area contributed by atoms with E-state index in [-0.39, 0.29) is 17.6 Å². The average molecular weight is 341 g/mol. The molecule has 0 saturated carbocycles. The fourth-order valence-electron chi connectivity index (χ4n) is 3.62. The molecule has 1 N–H and O–H groups in total. The quantitative estimate of drug-likeness (QED) is 0.892. The zero-order valence-corrected chi connectivity index (χ0v) is 14.4. The zero-order valence-electron chi connectivity index (χ0n) is 14.4. The molecule has 1 aliphatic heterocycles. The first-order valence-electron chi connectivity index (χ1n) is 8.80. The number of nitrogens with zero attached hydrogens (tertiary/aromatic N) is 2. The summed E-state index contributed by atoms with van der Waals surface area (Å²) in [5.74, 6) is 0.847. The fourth-order valence-corrected chi connectivity index (χ4v) is 3.62. The maximum absolute atomic E-state index is 12.5. The van der Waals surface area contributed by atoms with E-state index in [1.807, 2.05) is 24.3 Å². The minimum Gasteiger partial charge on any atom is -0.497 e. The van der Waals surface area contributed by atoms with Gasteiger partial charge in [0.1, 0.15) is 5.75 Å². The SMILES string of the molecule is COc1ccc(CNC2COCC2n2nc3c(cc2=O)CCC3)cc1. The number of aryl methyl sites for hydroxylation is 2. The van der Waals surface area contributed by atoms with Crippen molar-refractivity contribution in [3.05, 3.63) is 57.5 Å². The summed E-state index contributed by atoms with van der Waals surface area (Å²) in [4.78, 5) is 12.5. The van der Waals surface area contributed by atoms with Crippen LogP contribution in [0.25, 0.3) is 0 Å². The maximum Gasteiger partial charge on any atom is 0.267 e. The van der Waals surface area contributed by atoms with E-state index in [0.717, 1.165) is 36.3 Å². The smallest absolute Gasteiger partial charge is 0.267 e. The number of aromatic nitrogens is 2. The lowest BCUT2D eigenvalue weighted by atomic mass is 10.1.